The molecule has 0 radical (unpaired) electrons. The summed E-state index contributed by atoms with van der Waals surface area (Å²) in [5.41, 5.74) is 0.212. The molecule has 1 N–H and O–H groups in total. The van der Waals surface area contributed by atoms with Crippen LogP contribution in [0.5, 0.6) is 11.5 Å². The molecule has 0 spiro atoms. The lowest BCUT2D eigenvalue weighted by Crippen LogP contribution is -2.40. The summed E-state index contributed by atoms with van der Waals surface area (Å²) in [6, 6.07) is 5.30. The fourth-order valence-corrected chi connectivity index (χ4v) is 2.36. The summed E-state index contributed by atoms with van der Waals surface area (Å²) in [7, 11) is 0. The molecule has 124 valence electrons. The highest BCUT2D eigenvalue weighted by molar-refractivity contribution is 5.90. The van der Waals surface area contributed by atoms with E-state index in [2.05, 4.69) is 5.32 Å². The summed E-state index contributed by atoms with van der Waals surface area (Å²) in [5.74, 6) is 1.20. The average Bonchev–Trinajstić information content (AvgIpc) is 3.09. The summed E-state index contributed by atoms with van der Waals surface area (Å²) in [5, 5.41) is 2.81. The molecule has 2 aliphatic heterocycles. The highest BCUT2D eigenvalue weighted by Gasteiger charge is 2.34. The van der Waals surface area contributed by atoms with Crippen molar-refractivity contribution in [3.63, 3.8) is 0 Å². The van der Waals surface area contributed by atoms with Gasteiger partial charge in [0.15, 0.2) is 11.5 Å². The maximum absolute atomic E-state index is 12.0. The van der Waals surface area contributed by atoms with Gasteiger partial charge in [-0.05, 0) is 12.1 Å². The van der Waals surface area contributed by atoms with E-state index >= 15 is 0 Å². The van der Waals surface area contributed by atoms with Gasteiger partial charge < -0.3 is 19.5 Å². The lowest BCUT2D eigenvalue weighted by Gasteiger charge is -2.19. The van der Waals surface area contributed by atoms with Crippen LogP contribution in [0.4, 0.5) is 10.5 Å². The van der Waals surface area contributed by atoms with Crippen molar-refractivity contribution in [2.75, 3.05) is 24.8 Å². The first-order valence-corrected chi connectivity index (χ1v) is 7.51. The molecule has 23 heavy (non-hydrogen) atoms. The summed E-state index contributed by atoms with van der Waals surface area (Å²) < 4.78 is 15.9. The van der Waals surface area contributed by atoms with Gasteiger partial charge >= 0.3 is 6.09 Å². The fourth-order valence-electron chi connectivity index (χ4n) is 2.36. The SMILES string of the molecule is CC(C)(C)C(=O)NCC1CN(c2ccc3c(c2)OCO3)C(=O)O1. The molecule has 0 aliphatic carbocycles. The van der Waals surface area contributed by atoms with Gasteiger partial charge in [0.25, 0.3) is 0 Å². The second-order valence-corrected chi connectivity index (χ2v) is 6.61. The number of carbonyl (C=O) groups is 2. The van der Waals surface area contributed by atoms with Crippen molar-refractivity contribution < 1.29 is 23.8 Å². The van der Waals surface area contributed by atoms with Crippen molar-refractivity contribution in [3.8, 4) is 11.5 Å². The van der Waals surface area contributed by atoms with E-state index in [-0.39, 0.29) is 18.8 Å². The van der Waals surface area contributed by atoms with Crippen LogP contribution in [0.1, 0.15) is 20.8 Å². The van der Waals surface area contributed by atoms with Crippen LogP contribution in [0.2, 0.25) is 0 Å². The number of ether oxygens (including phenoxy) is 3. The van der Waals surface area contributed by atoms with E-state index in [1.165, 1.54) is 4.90 Å². The second-order valence-electron chi connectivity index (χ2n) is 6.61. The maximum Gasteiger partial charge on any atom is 0.414 e. The second kappa shape index (κ2) is 5.64. The van der Waals surface area contributed by atoms with Crippen LogP contribution in [-0.2, 0) is 9.53 Å². The molecule has 1 aromatic carbocycles. The van der Waals surface area contributed by atoms with Gasteiger partial charge in [-0.15, -0.1) is 0 Å². The Balaban J connectivity index is 1.63. The topological polar surface area (TPSA) is 77.1 Å². The standard InChI is InChI=1S/C16H20N2O5/c1-16(2,3)14(19)17-7-11-8-18(15(20)23-11)10-4-5-12-13(6-10)22-9-21-12/h4-6,11H,7-9H2,1-3H3,(H,17,19). The van der Waals surface area contributed by atoms with Crippen LogP contribution < -0.4 is 19.7 Å². The predicted octanol–water partition coefficient (Wildman–Crippen LogP) is 1.90. The predicted molar refractivity (Wildman–Crippen MR) is 82.6 cm³/mol. The number of nitrogens with one attached hydrogen (secondary N) is 1. The Morgan fingerprint density at radius 1 is 1.30 bits per heavy atom. The van der Waals surface area contributed by atoms with Crippen LogP contribution in [0, 0.1) is 5.41 Å². The maximum atomic E-state index is 12.0. The zero-order valence-electron chi connectivity index (χ0n) is 13.4. The Hall–Kier alpha value is -2.44. The number of cyclic esters (lactones) is 1. The van der Waals surface area contributed by atoms with Crippen LogP contribution in [0.3, 0.4) is 0 Å². The number of amides is 2. The Labute approximate surface area is 134 Å². The third kappa shape index (κ3) is 3.18. The Kier molecular flexibility index (Phi) is 3.79. The van der Waals surface area contributed by atoms with Crippen molar-refractivity contribution in [1.82, 2.24) is 5.32 Å². The molecule has 1 saturated heterocycles. The van der Waals surface area contributed by atoms with E-state index in [4.69, 9.17) is 14.2 Å². The van der Waals surface area contributed by atoms with E-state index in [0.717, 1.165) is 0 Å². The summed E-state index contributed by atoms with van der Waals surface area (Å²) >= 11 is 0. The highest BCUT2D eigenvalue weighted by atomic mass is 16.7. The van der Waals surface area contributed by atoms with Crippen molar-refractivity contribution in [2.45, 2.75) is 26.9 Å². The number of benzene rings is 1. The monoisotopic (exact) mass is 320 g/mol. The van der Waals surface area contributed by atoms with E-state index in [1.807, 2.05) is 20.8 Å². The Morgan fingerprint density at radius 2 is 2.04 bits per heavy atom. The van der Waals surface area contributed by atoms with Crippen molar-refractivity contribution in [3.05, 3.63) is 18.2 Å². The number of carbonyl (C=O) groups excluding carboxylic acids is 2. The van der Waals surface area contributed by atoms with Gasteiger partial charge in [0.05, 0.1) is 18.8 Å². The molecule has 2 heterocycles. The van der Waals surface area contributed by atoms with E-state index in [9.17, 15) is 9.59 Å². The molecule has 1 fully saturated rings. The number of nitrogens with zero attached hydrogens (tertiary/aromatic N) is 1. The van der Waals surface area contributed by atoms with E-state index < -0.39 is 11.5 Å². The molecular formula is C16H20N2O5. The van der Waals surface area contributed by atoms with E-state index in [1.54, 1.807) is 18.2 Å². The first-order chi connectivity index (χ1) is 10.8. The van der Waals surface area contributed by atoms with Crippen molar-refractivity contribution in [1.29, 1.82) is 0 Å². The molecule has 0 bridgehead atoms. The quantitative estimate of drug-likeness (QED) is 0.920. The Morgan fingerprint density at radius 3 is 2.78 bits per heavy atom. The summed E-state index contributed by atoms with van der Waals surface area (Å²) in [6.45, 7) is 6.36. The summed E-state index contributed by atoms with van der Waals surface area (Å²) in [4.78, 5) is 25.5. The molecule has 2 amide bonds. The number of fused-ring (bicyclic) bond motifs is 1. The number of anilines is 1. The number of rotatable bonds is 3. The lowest BCUT2D eigenvalue weighted by molar-refractivity contribution is -0.128. The first-order valence-electron chi connectivity index (χ1n) is 7.51. The Bertz CT molecular complexity index is 638. The van der Waals surface area contributed by atoms with Crippen molar-refractivity contribution >= 4 is 17.7 Å². The molecule has 3 rings (SSSR count). The van der Waals surface area contributed by atoms with Crippen LogP contribution in [0.25, 0.3) is 0 Å². The van der Waals surface area contributed by atoms with Gasteiger partial charge in [0.1, 0.15) is 6.10 Å². The van der Waals surface area contributed by atoms with Crippen LogP contribution in [0.15, 0.2) is 18.2 Å². The minimum Gasteiger partial charge on any atom is -0.454 e. The molecule has 0 aromatic heterocycles. The van der Waals surface area contributed by atoms with Crippen LogP contribution >= 0.6 is 0 Å². The molecule has 1 aromatic rings. The smallest absolute Gasteiger partial charge is 0.414 e. The number of hydrogen-bond acceptors (Lipinski definition) is 5. The normalized spacial score (nSPS) is 19.7. The van der Waals surface area contributed by atoms with Gasteiger partial charge in [-0.25, -0.2) is 4.79 Å². The third-order valence-corrected chi connectivity index (χ3v) is 3.71. The highest BCUT2D eigenvalue weighted by Crippen LogP contribution is 2.36. The molecule has 7 nitrogen and oxygen atoms in total. The molecule has 7 heteroatoms. The molecule has 1 atom stereocenters. The average molecular weight is 320 g/mol. The summed E-state index contributed by atoms with van der Waals surface area (Å²) in [6.07, 6.45) is -0.807. The zero-order chi connectivity index (χ0) is 16.6. The minimum absolute atomic E-state index is 0.0740. The van der Waals surface area contributed by atoms with Gasteiger partial charge in [-0.1, -0.05) is 20.8 Å². The number of hydrogen-bond donors (Lipinski definition) is 1. The van der Waals surface area contributed by atoms with Crippen LogP contribution in [-0.4, -0.2) is 38.0 Å². The molecular weight excluding hydrogens is 300 g/mol. The van der Waals surface area contributed by atoms with E-state index in [0.29, 0.717) is 30.3 Å². The minimum atomic E-state index is -0.473. The van der Waals surface area contributed by atoms with Gasteiger partial charge in [-0.3, -0.25) is 9.69 Å². The first kappa shape index (κ1) is 15.5. The van der Waals surface area contributed by atoms with Gasteiger partial charge in [0, 0.05) is 11.5 Å². The molecule has 1 unspecified atom stereocenters. The van der Waals surface area contributed by atoms with Gasteiger partial charge in [-0.2, -0.15) is 0 Å². The van der Waals surface area contributed by atoms with Crippen molar-refractivity contribution in [2.24, 2.45) is 5.41 Å². The molecule has 2 aliphatic rings. The zero-order valence-corrected chi connectivity index (χ0v) is 13.4. The molecule has 0 saturated carbocycles. The van der Waals surface area contributed by atoms with Gasteiger partial charge in [0.2, 0.25) is 12.7 Å². The fraction of sp³-hybridized carbons (Fsp3) is 0.500. The largest absolute Gasteiger partial charge is 0.454 e. The third-order valence-electron chi connectivity index (χ3n) is 3.71. The lowest BCUT2D eigenvalue weighted by atomic mass is 9.96.